The lowest BCUT2D eigenvalue weighted by molar-refractivity contribution is -0.121. The molecule has 0 bridgehead atoms. The lowest BCUT2D eigenvalue weighted by Crippen LogP contribution is -2.23. The number of hydrogen-bond donors (Lipinski definition) is 1. The molecule has 0 unspecified atom stereocenters. The third kappa shape index (κ3) is 5.06. The number of Topliss-reactive ketones (excluding diaryl/α,β-unsaturated/α-hetero) is 1. The fourth-order valence-electron chi connectivity index (χ4n) is 2.34. The Morgan fingerprint density at radius 2 is 1.79 bits per heavy atom. The molecule has 0 radical (unpaired) electrons. The van der Waals surface area contributed by atoms with Crippen LogP contribution in [0.1, 0.15) is 46.8 Å². The van der Waals surface area contributed by atoms with Crippen molar-refractivity contribution in [2.45, 2.75) is 32.7 Å². The summed E-state index contributed by atoms with van der Waals surface area (Å²) < 4.78 is 0. The van der Waals surface area contributed by atoms with Crippen molar-refractivity contribution in [1.82, 2.24) is 5.32 Å². The average Bonchev–Trinajstić information content (AvgIpc) is 2.64. The Bertz CT molecular complexity index is 758. The van der Waals surface area contributed by atoms with Gasteiger partial charge in [0.05, 0.1) is 11.6 Å². The van der Waals surface area contributed by atoms with Gasteiger partial charge in [0.25, 0.3) is 0 Å². The Hall–Kier alpha value is -2.93. The molecule has 2 rings (SSSR count). The maximum Gasteiger partial charge on any atom is 0.220 e. The van der Waals surface area contributed by atoms with E-state index in [1.165, 1.54) is 5.56 Å². The summed E-state index contributed by atoms with van der Waals surface area (Å²) in [5.74, 6) is -0.199. The number of carbonyl (C=O) groups excluding carboxylic acids is 2. The summed E-state index contributed by atoms with van der Waals surface area (Å²) in [7, 11) is 0. The quantitative estimate of drug-likeness (QED) is 0.795. The van der Waals surface area contributed by atoms with Gasteiger partial charge in [-0.25, -0.2) is 0 Å². The zero-order chi connectivity index (χ0) is 17.4. The van der Waals surface area contributed by atoms with Gasteiger partial charge in [0.2, 0.25) is 5.91 Å². The predicted molar refractivity (Wildman–Crippen MR) is 92.4 cm³/mol. The highest BCUT2D eigenvalue weighted by Gasteiger charge is 2.09. The van der Waals surface area contributed by atoms with Crippen molar-refractivity contribution in [1.29, 1.82) is 5.26 Å². The van der Waals surface area contributed by atoms with Crippen molar-refractivity contribution < 1.29 is 9.59 Å². The van der Waals surface area contributed by atoms with E-state index in [1.807, 2.05) is 30.3 Å². The smallest absolute Gasteiger partial charge is 0.220 e. The van der Waals surface area contributed by atoms with Crippen LogP contribution in [0.3, 0.4) is 0 Å². The van der Waals surface area contributed by atoms with Crippen LogP contribution in [-0.4, -0.2) is 11.7 Å². The van der Waals surface area contributed by atoms with Crippen LogP contribution in [-0.2, 0) is 17.8 Å². The summed E-state index contributed by atoms with van der Waals surface area (Å²) >= 11 is 0. The molecular formula is C20H20N2O2. The zero-order valence-electron chi connectivity index (χ0n) is 13.7. The summed E-state index contributed by atoms with van der Waals surface area (Å²) in [6, 6.07) is 16.7. The van der Waals surface area contributed by atoms with Gasteiger partial charge >= 0.3 is 0 Å². The number of amides is 1. The SMILES string of the molecule is CCc1ccc(C(=O)CCC(=O)NCc2cccc(C#N)c2)cc1. The van der Waals surface area contributed by atoms with E-state index in [2.05, 4.69) is 18.3 Å². The van der Waals surface area contributed by atoms with E-state index in [4.69, 9.17) is 5.26 Å². The first-order chi connectivity index (χ1) is 11.6. The Balaban J connectivity index is 1.79. The maximum atomic E-state index is 12.1. The Morgan fingerprint density at radius 1 is 1.04 bits per heavy atom. The molecule has 0 saturated heterocycles. The van der Waals surface area contributed by atoms with Gasteiger partial charge in [0.1, 0.15) is 0 Å². The second kappa shape index (κ2) is 8.64. The molecule has 2 aromatic rings. The normalized spacial score (nSPS) is 10.0. The molecule has 0 aliphatic carbocycles. The van der Waals surface area contributed by atoms with E-state index in [0.717, 1.165) is 12.0 Å². The highest BCUT2D eigenvalue weighted by molar-refractivity contribution is 5.97. The van der Waals surface area contributed by atoms with E-state index in [9.17, 15) is 9.59 Å². The molecule has 0 saturated carbocycles. The molecule has 0 aliphatic heterocycles. The summed E-state index contributed by atoms with van der Waals surface area (Å²) in [5.41, 5.74) is 3.25. The van der Waals surface area contributed by atoms with Crippen molar-refractivity contribution in [2.75, 3.05) is 0 Å². The van der Waals surface area contributed by atoms with Crippen LogP contribution < -0.4 is 5.32 Å². The molecule has 0 aliphatic rings. The summed E-state index contributed by atoms with van der Waals surface area (Å²) in [6.07, 6.45) is 1.28. The second-order valence-electron chi connectivity index (χ2n) is 5.56. The number of nitriles is 1. The van der Waals surface area contributed by atoms with Gasteiger partial charge in [-0.15, -0.1) is 0 Å². The summed E-state index contributed by atoms with van der Waals surface area (Å²) in [5, 5.41) is 11.6. The van der Waals surface area contributed by atoms with E-state index in [-0.39, 0.29) is 24.5 Å². The zero-order valence-corrected chi connectivity index (χ0v) is 13.7. The molecular weight excluding hydrogens is 300 g/mol. The topological polar surface area (TPSA) is 70.0 Å². The largest absolute Gasteiger partial charge is 0.352 e. The van der Waals surface area contributed by atoms with Crippen LogP contribution in [0, 0.1) is 11.3 Å². The Kier molecular flexibility index (Phi) is 6.27. The number of nitrogens with zero attached hydrogens (tertiary/aromatic N) is 1. The number of ketones is 1. The summed E-state index contributed by atoms with van der Waals surface area (Å²) in [4.78, 5) is 24.0. The minimum atomic E-state index is -0.170. The van der Waals surface area contributed by atoms with Crippen LogP contribution >= 0.6 is 0 Å². The molecule has 2 aromatic carbocycles. The van der Waals surface area contributed by atoms with Crippen LogP contribution in [0.15, 0.2) is 48.5 Å². The minimum absolute atomic E-state index is 0.0284. The van der Waals surface area contributed by atoms with E-state index in [1.54, 1.807) is 18.2 Å². The Labute approximate surface area is 142 Å². The monoisotopic (exact) mass is 320 g/mol. The second-order valence-corrected chi connectivity index (χ2v) is 5.56. The fraction of sp³-hybridized carbons (Fsp3) is 0.250. The Morgan fingerprint density at radius 3 is 2.46 bits per heavy atom. The van der Waals surface area contributed by atoms with Gasteiger partial charge in [0.15, 0.2) is 5.78 Å². The number of hydrogen-bond acceptors (Lipinski definition) is 3. The van der Waals surface area contributed by atoms with Crippen LogP contribution in [0.4, 0.5) is 0 Å². The third-order valence-corrected chi connectivity index (χ3v) is 3.81. The number of aryl methyl sites for hydroxylation is 1. The number of rotatable bonds is 7. The van der Waals surface area contributed by atoms with Gasteiger partial charge in [-0.05, 0) is 29.7 Å². The van der Waals surface area contributed by atoms with E-state index >= 15 is 0 Å². The van der Waals surface area contributed by atoms with Crippen LogP contribution in [0.5, 0.6) is 0 Å². The van der Waals surface area contributed by atoms with Crippen molar-refractivity contribution in [3.8, 4) is 6.07 Å². The first kappa shape index (κ1) is 17.4. The highest BCUT2D eigenvalue weighted by Crippen LogP contribution is 2.09. The van der Waals surface area contributed by atoms with Gasteiger partial charge in [-0.3, -0.25) is 9.59 Å². The first-order valence-electron chi connectivity index (χ1n) is 8.00. The molecule has 1 amide bonds. The van der Waals surface area contributed by atoms with Crippen molar-refractivity contribution >= 4 is 11.7 Å². The van der Waals surface area contributed by atoms with Crippen molar-refractivity contribution in [3.63, 3.8) is 0 Å². The maximum absolute atomic E-state index is 12.1. The standard InChI is InChI=1S/C20H20N2O2/c1-2-15-6-8-18(9-7-15)19(23)10-11-20(24)22-14-17-5-3-4-16(12-17)13-21/h3-9,12H,2,10-11,14H2,1H3,(H,22,24). The molecule has 0 aromatic heterocycles. The van der Waals surface area contributed by atoms with Gasteiger partial charge < -0.3 is 5.32 Å². The molecule has 0 spiro atoms. The lowest BCUT2D eigenvalue weighted by Gasteiger charge is -2.06. The van der Waals surface area contributed by atoms with Gasteiger partial charge in [-0.1, -0.05) is 43.3 Å². The molecule has 4 nitrogen and oxygen atoms in total. The lowest BCUT2D eigenvalue weighted by atomic mass is 10.0. The average molecular weight is 320 g/mol. The van der Waals surface area contributed by atoms with Gasteiger partial charge in [-0.2, -0.15) is 5.26 Å². The fourth-order valence-corrected chi connectivity index (χ4v) is 2.34. The number of carbonyl (C=O) groups is 2. The number of benzene rings is 2. The predicted octanol–water partition coefficient (Wildman–Crippen LogP) is 3.40. The van der Waals surface area contributed by atoms with E-state index in [0.29, 0.717) is 17.7 Å². The minimum Gasteiger partial charge on any atom is -0.352 e. The van der Waals surface area contributed by atoms with Gasteiger partial charge in [0, 0.05) is 24.9 Å². The van der Waals surface area contributed by atoms with Crippen molar-refractivity contribution in [3.05, 3.63) is 70.8 Å². The third-order valence-electron chi connectivity index (χ3n) is 3.81. The molecule has 0 atom stereocenters. The first-order valence-corrected chi connectivity index (χ1v) is 8.00. The molecule has 1 N–H and O–H groups in total. The molecule has 0 fully saturated rings. The van der Waals surface area contributed by atoms with Crippen LogP contribution in [0.25, 0.3) is 0 Å². The summed E-state index contributed by atoms with van der Waals surface area (Å²) in [6.45, 7) is 2.42. The highest BCUT2D eigenvalue weighted by atomic mass is 16.2. The van der Waals surface area contributed by atoms with Crippen molar-refractivity contribution in [2.24, 2.45) is 0 Å². The molecule has 0 heterocycles. The molecule has 122 valence electrons. The number of nitrogens with one attached hydrogen (secondary N) is 1. The van der Waals surface area contributed by atoms with Crippen LogP contribution in [0.2, 0.25) is 0 Å². The molecule has 24 heavy (non-hydrogen) atoms. The molecule has 4 heteroatoms. The van der Waals surface area contributed by atoms with E-state index < -0.39 is 0 Å².